The highest BCUT2D eigenvalue weighted by atomic mass is 16.1. The summed E-state index contributed by atoms with van der Waals surface area (Å²) in [5, 5.41) is 8.78. The van der Waals surface area contributed by atoms with Crippen molar-refractivity contribution in [2.45, 2.75) is 20.3 Å². The second-order valence-corrected chi connectivity index (χ2v) is 4.35. The van der Waals surface area contributed by atoms with Crippen molar-refractivity contribution in [2.75, 3.05) is 25.0 Å². The van der Waals surface area contributed by atoms with E-state index in [1.54, 1.807) is 0 Å². The van der Waals surface area contributed by atoms with Crippen LogP contribution in [0.3, 0.4) is 0 Å². The third kappa shape index (κ3) is 6.48. The number of aryl methyl sites for hydroxylation is 1. The Balaban J connectivity index is 2.56. The summed E-state index contributed by atoms with van der Waals surface area (Å²) in [6.45, 7) is 5.13. The lowest BCUT2D eigenvalue weighted by molar-refractivity contribution is -0.114. The van der Waals surface area contributed by atoms with Gasteiger partial charge in [0, 0.05) is 12.2 Å². The molecule has 0 radical (unpaired) electrons. The molecule has 0 spiro atoms. The molecule has 0 atom stereocenters. The molecule has 5 heteroatoms. The summed E-state index contributed by atoms with van der Waals surface area (Å²) in [5.74, 6) is 2.83. The molecular formula is C16H22N4O. The van der Waals surface area contributed by atoms with Gasteiger partial charge >= 0.3 is 0 Å². The maximum absolute atomic E-state index is 11.9. The van der Waals surface area contributed by atoms with Crippen LogP contribution in [0, 0.1) is 12.3 Å². The van der Waals surface area contributed by atoms with E-state index < -0.39 is 0 Å². The van der Waals surface area contributed by atoms with Crippen molar-refractivity contribution < 1.29 is 4.79 Å². The fourth-order valence-electron chi connectivity index (χ4n) is 1.70. The molecule has 3 N–H and O–H groups in total. The predicted octanol–water partition coefficient (Wildman–Crippen LogP) is 1.38. The van der Waals surface area contributed by atoms with Crippen LogP contribution in [0.1, 0.15) is 19.4 Å². The Morgan fingerprint density at radius 3 is 2.81 bits per heavy atom. The second kappa shape index (κ2) is 9.43. The average molecular weight is 286 g/mol. The van der Waals surface area contributed by atoms with Gasteiger partial charge in [-0.2, -0.15) is 0 Å². The molecule has 0 fully saturated rings. The van der Waals surface area contributed by atoms with Gasteiger partial charge in [0.1, 0.15) is 6.54 Å². The molecule has 1 aromatic rings. The summed E-state index contributed by atoms with van der Waals surface area (Å²) >= 11 is 0. The van der Waals surface area contributed by atoms with Gasteiger partial charge in [0.15, 0.2) is 5.96 Å². The molecule has 0 aliphatic heterocycles. The predicted molar refractivity (Wildman–Crippen MR) is 87.3 cm³/mol. The summed E-state index contributed by atoms with van der Waals surface area (Å²) in [5.41, 5.74) is 1.97. The van der Waals surface area contributed by atoms with Crippen LogP contribution in [-0.2, 0) is 11.2 Å². The van der Waals surface area contributed by atoms with Gasteiger partial charge in [-0.05, 0) is 31.0 Å². The lowest BCUT2D eigenvalue weighted by atomic mass is 10.1. The minimum atomic E-state index is -0.166. The Morgan fingerprint density at radius 2 is 2.14 bits per heavy atom. The zero-order valence-corrected chi connectivity index (χ0v) is 12.6. The first kappa shape index (κ1) is 16.6. The zero-order chi connectivity index (χ0) is 15.5. The number of amides is 1. The minimum absolute atomic E-state index is 0.0380. The molecular weight excluding hydrogens is 264 g/mol. The molecule has 0 heterocycles. The van der Waals surface area contributed by atoms with Gasteiger partial charge in [-0.1, -0.05) is 25.0 Å². The molecule has 1 amide bonds. The third-order valence-electron chi connectivity index (χ3n) is 2.70. The van der Waals surface area contributed by atoms with E-state index in [1.807, 2.05) is 31.2 Å². The van der Waals surface area contributed by atoms with E-state index in [0.717, 1.165) is 12.1 Å². The second-order valence-electron chi connectivity index (χ2n) is 4.35. The number of nitrogens with one attached hydrogen (secondary N) is 3. The molecule has 0 saturated heterocycles. The van der Waals surface area contributed by atoms with Crippen LogP contribution in [0.5, 0.6) is 0 Å². The van der Waals surface area contributed by atoms with E-state index >= 15 is 0 Å². The van der Waals surface area contributed by atoms with Crippen LogP contribution < -0.4 is 16.0 Å². The Labute approximate surface area is 126 Å². The molecule has 5 nitrogen and oxygen atoms in total. The van der Waals surface area contributed by atoms with Crippen LogP contribution in [0.4, 0.5) is 5.69 Å². The normalized spacial score (nSPS) is 10.6. The summed E-state index contributed by atoms with van der Waals surface area (Å²) in [6.07, 6.45) is 6.12. The van der Waals surface area contributed by atoms with Crippen molar-refractivity contribution in [3.8, 4) is 12.3 Å². The standard InChI is InChI=1S/C16H22N4O/c1-4-10-18-16(17-6-3)19-12-15(21)20-14-9-7-8-13(5-2)11-14/h1,7-9,11H,5-6,10,12H2,2-3H3,(H,20,21)(H2,17,18,19). The number of terminal acetylenes is 1. The van der Waals surface area contributed by atoms with E-state index in [4.69, 9.17) is 6.42 Å². The van der Waals surface area contributed by atoms with Crippen LogP contribution in [0.25, 0.3) is 0 Å². The molecule has 21 heavy (non-hydrogen) atoms. The number of anilines is 1. The Morgan fingerprint density at radius 1 is 1.33 bits per heavy atom. The summed E-state index contributed by atoms with van der Waals surface area (Å²) in [7, 11) is 0. The van der Waals surface area contributed by atoms with Gasteiger partial charge < -0.3 is 16.0 Å². The molecule has 1 aromatic carbocycles. The highest BCUT2D eigenvalue weighted by Crippen LogP contribution is 2.10. The van der Waals surface area contributed by atoms with Crippen molar-refractivity contribution in [2.24, 2.45) is 4.99 Å². The number of hydrogen-bond acceptors (Lipinski definition) is 2. The van der Waals surface area contributed by atoms with E-state index in [1.165, 1.54) is 5.56 Å². The maximum atomic E-state index is 11.9. The van der Waals surface area contributed by atoms with E-state index in [-0.39, 0.29) is 12.5 Å². The van der Waals surface area contributed by atoms with Gasteiger partial charge in [0.2, 0.25) is 5.91 Å². The van der Waals surface area contributed by atoms with Gasteiger partial charge in [-0.3, -0.25) is 4.79 Å². The molecule has 112 valence electrons. The van der Waals surface area contributed by atoms with Crippen molar-refractivity contribution >= 4 is 17.6 Å². The fraction of sp³-hybridized carbons (Fsp3) is 0.375. The first-order valence-electron chi connectivity index (χ1n) is 7.04. The maximum Gasteiger partial charge on any atom is 0.246 e. The lowest BCUT2D eigenvalue weighted by Gasteiger charge is -2.09. The van der Waals surface area contributed by atoms with Gasteiger partial charge in [-0.15, -0.1) is 6.42 Å². The first-order chi connectivity index (χ1) is 10.2. The number of guanidine groups is 1. The van der Waals surface area contributed by atoms with E-state index in [9.17, 15) is 4.79 Å². The lowest BCUT2D eigenvalue weighted by Crippen LogP contribution is -2.38. The summed E-state index contributed by atoms with van der Waals surface area (Å²) in [6, 6.07) is 7.78. The highest BCUT2D eigenvalue weighted by molar-refractivity contribution is 5.94. The van der Waals surface area contributed by atoms with Crippen molar-refractivity contribution in [3.05, 3.63) is 29.8 Å². The quantitative estimate of drug-likeness (QED) is 0.420. The topological polar surface area (TPSA) is 65.5 Å². The molecule has 0 aromatic heterocycles. The minimum Gasteiger partial charge on any atom is -0.357 e. The first-order valence-corrected chi connectivity index (χ1v) is 7.04. The molecule has 0 saturated carbocycles. The average Bonchev–Trinajstić information content (AvgIpc) is 2.50. The van der Waals surface area contributed by atoms with Crippen LogP contribution in [-0.4, -0.2) is 31.5 Å². The van der Waals surface area contributed by atoms with Gasteiger partial charge in [0.05, 0.1) is 6.54 Å². The van der Waals surface area contributed by atoms with E-state index in [2.05, 4.69) is 33.8 Å². The van der Waals surface area contributed by atoms with Crippen LogP contribution in [0.15, 0.2) is 29.3 Å². The molecule has 0 bridgehead atoms. The molecule has 1 rings (SSSR count). The van der Waals surface area contributed by atoms with Crippen molar-refractivity contribution in [1.29, 1.82) is 0 Å². The molecule has 0 unspecified atom stereocenters. The Kier molecular flexibility index (Phi) is 7.44. The highest BCUT2D eigenvalue weighted by Gasteiger charge is 2.03. The van der Waals surface area contributed by atoms with Gasteiger partial charge in [-0.25, -0.2) is 4.99 Å². The third-order valence-corrected chi connectivity index (χ3v) is 2.70. The zero-order valence-electron chi connectivity index (χ0n) is 12.6. The summed E-state index contributed by atoms with van der Waals surface area (Å²) in [4.78, 5) is 16.1. The number of rotatable bonds is 6. The number of carbonyl (C=O) groups is 1. The van der Waals surface area contributed by atoms with Crippen molar-refractivity contribution in [3.63, 3.8) is 0 Å². The number of nitrogens with zero attached hydrogens (tertiary/aromatic N) is 1. The van der Waals surface area contributed by atoms with Gasteiger partial charge in [0.25, 0.3) is 0 Å². The Bertz CT molecular complexity index is 531. The molecule has 0 aliphatic rings. The van der Waals surface area contributed by atoms with Crippen LogP contribution in [0.2, 0.25) is 0 Å². The number of aliphatic imine (C=N–C) groups is 1. The van der Waals surface area contributed by atoms with E-state index in [0.29, 0.717) is 19.0 Å². The monoisotopic (exact) mass is 286 g/mol. The van der Waals surface area contributed by atoms with Crippen molar-refractivity contribution in [1.82, 2.24) is 10.6 Å². The largest absolute Gasteiger partial charge is 0.357 e. The summed E-state index contributed by atoms with van der Waals surface area (Å²) < 4.78 is 0. The fourth-order valence-corrected chi connectivity index (χ4v) is 1.70. The number of carbonyl (C=O) groups excluding carboxylic acids is 1. The smallest absolute Gasteiger partial charge is 0.246 e. The number of hydrogen-bond donors (Lipinski definition) is 3. The molecule has 0 aliphatic carbocycles. The SMILES string of the molecule is C#CCNC(=NCC(=O)Nc1cccc(CC)c1)NCC. The Hall–Kier alpha value is -2.48. The number of benzene rings is 1. The van der Waals surface area contributed by atoms with Crippen LogP contribution >= 0.6 is 0 Å².